The van der Waals surface area contributed by atoms with Crippen LogP contribution in [0.5, 0.6) is 0 Å². The summed E-state index contributed by atoms with van der Waals surface area (Å²) in [6.45, 7) is 1.89. The van der Waals surface area contributed by atoms with Crippen LogP contribution in [0, 0.1) is 18.3 Å². The molecule has 3 rings (SSSR count). The first-order valence-corrected chi connectivity index (χ1v) is 6.80. The lowest BCUT2D eigenvalue weighted by Crippen LogP contribution is -2.01. The van der Waals surface area contributed by atoms with Gasteiger partial charge in [0.25, 0.3) is 0 Å². The number of carbonyl (C=O) groups is 1. The highest BCUT2D eigenvalue weighted by molar-refractivity contribution is 6.31. The Hall–Kier alpha value is -2.57. The molecule has 0 fully saturated rings. The number of benzene rings is 2. The SMILES string of the molecule is Cc1cc(Cl)cc(C(=O)c2c[nH]c3cccc(C#N)c23)c1. The zero-order valence-electron chi connectivity index (χ0n) is 11.3. The number of ketones is 1. The molecule has 1 heterocycles. The fourth-order valence-electron chi connectivity index (χ4n) is 2.48. The van der Waals surface area contributed by atoms with Gasteiger partial charge in [-0.05, 0) is 42.8 Å². The monoisotopic (exact) mass is 294 g/mol. The van der Waals surface area contributed by atoms with E-state index in [0.29, 0.717) is 27.1 Å². The van der Waals surface area contributed by atoms with E-state index in [-0.39, 0.29) is 5.78 Å². The summed E-state index contributed by atoms with van der Waals surface area (Å²) in [5, 5.41) is 10.4. The maximum atomic E-state index is 12.7. The summed E-state index contributed by atoms with van der Waals surface area (Å²) in [6, 6.07) is 12.7. The second-order valence-electron chi connectivity index (χ2n) is 4.89. The highest BCUT2D eigenvalue weighted by Gasteiger charge is 2.17. The lowest BCUT2D eigenvalue weighted by Gasteiger charge is -2.03. The third-order valence-electron chi connectivity index (χ3n) is 3.38. The van der Waals surface area contributed by atoms with Crippen molar-refractivity contribution in [3.05, 3.63) is 69.9 Å². The quantitative estimate of drug-likeness (QED) is 0.719. The molecule has 21 heavy (non-hydrogen) atoms. The van der Waals surface area contributed by atoms with Crippen LogP contribution in [0.15, 0.2) is 42.6 Å². The minimum atomic E-state index is -0.144. The number of aryl methyl sites for hydroxylation is 1. The minimum Gasteiger partial charge on any atom is -0.360 e. The van der Waals surface area contributed by atoms with Gasteiger partial charge in [-0.1, -0.05) is 17.7 Å². The average molecular weight is 295 g/mol. The molecule has 102 valence electrons. The van der Waals surface area contributed by atoms with Crippen LogP contribution >= 0.6 is 11.6 Å². The zero-order chi connectivity index (χ0) is 15.0. The molecule has 3 aromatic rings. The van der Waals surface area contributed by atoms with Crippen LogP contribution in [0.25, 0.3) is 10.9 Å². The molecule has 0 unspecified atom stereocenters. The van der Waals surface area contributed by atoms with Gasteiger partial charge in [-0.2, -0.15) is 5.26 Å². The van der Waals surface area contributed by atoms with Crippen molar-refractivity contribution in [3.63, 3.8) is 0 Å². The Labute approximate surface area is 126 Å². The van der Waals surface area contributed by atoms with E-state index in [9.17, 15) is 10.1 Å². The largest absolute Gasteiger partial charge is 0.360 e. The van der Waals surface area contributed by atoms with Gasteiger partial charge in [-0.25, -0.2) is 0 Å². The predicted octanol–water partition coefficient (Wildman–Crippen LogP) is 4.23. The van der Waals surface area contributed by atoms with Gasteiger partial charge in [-0.15, -0.1) is 0 Å². The maximum absolute atomic E-state index is 12.7. The molecule has 0 saturated carbocycles. The number of rotatable bonds is 2. The second kappa shape index (κ2) is 5.08. The van der Waals surface area contributed by atoms with Gasteiger partial charge in [0.1, 0.15) is 0 Å². The van der Waals surface area contributed by atoms with E-state index in [1.54, 1.807) is 36.5 Å². The number of nitrogens with zero attached hydrogens (tertiary/aromatic N) is 1. The van der Waals surface area contributed by atoms with Crippen molar-refractivity contribution in [2.45, 2.75) is 6.92 Å². The van der Waals surface area contributed by atoms with E-state index in [0.717, 1.165) is 11.1 Å². The fraction of sp³-hybridized carbons (Fsp3) is 0.0588. The topological polar surface area (TPSA) is 56.6 Å². The van der Waals surface area contributed by atoms with Crippen molar-refractivity contribution in [1.82, 2.24) is 4.98 Å². The van der Waals surface area contributed by atoms with Gasteiger partial charge in [0.05, 0.1) is 11.6 Å². The smallest absolute Gasteiger partial charge is 0.195 e. The van der Waals surface area contributed by atoms with Crippen LogP contribution < -0.4 is 0 Å². The van der Waals surface area contributed by atoms with Gasteiger partial charge in [0.15, 0.2) is 5.78 Å². The average Bonchev–Trinajstić information content (AvgIpc) is 2.89. The minimum absolute atomic E-state index is 0.144. The van der Waals surface area contributed by atoms with Crippen molar-refractivity contribution in [3.8, 4) is 6.07 Å². The molecular weight excluding hydrogens is 284 g/mol. The van der Waals surface area contributed by atoms with Crippen molar-refractivity contribution in [2.75, 3.05) is 0 Å². The second-order valence-corrected chi connectivity index (χ2v) is 5.33. The standard InChI is InChI=1S/C17H11ClN2O/c1-10-5-12(7-13(18)6-10)17(21)14-9-20-15-4-2-3-11(8-19)16(14)15/h2-7,9,20H,1H3. The third kappa shape index (κ3) is 2.31. The van der Waals surface area contributed by atoms with Crippen molar-refractivity contribution < 1.29 is 4.79 Å². The molecule has 1 aromatic heterocycles. The van der Waals surface area contributed by atoms with Gasteiger partial charge in [0, 0.05) is 33.2 Å². The summed E-state index contributed by atoms with van der Waals surface area (Å²) >= 11 is 6.02. The molecule has 1 N–H and O–H groups in total. The molecule has 0 spiro atoms. The molecule has 0 atom stereocenters. The molecular formula is C17H11ClN2O. The van der Waals surface area contributed by atoms with Crippen molar-refractivity contribution in [1.29, 1.82) is 5.26 Å². The summed E-state index contributed by atoms with van der Waals surface area (Å²) in [7, 11) is 0. The van der Waals surface area contributed by atoms with Gasteiger partial charge < -0.3 is 4.98 Å². The maximum Gasteiger partial charge on any atom is 0.195 e. The Morgan fingerprint density at radius 1 is 1.29 bits per heavy atom. The highest BCUT2D eigenvalue weighted by Crippen LogP contribution is 2.26. The molecule has 0 saturated heterocycles. The number of H-pyrrole nitrogens is 1. The number of hydrogen-bond donors (Lipinski definition) is 1. The van der Waals surface area contributed by atoms with E-state index in [2.05, 4.69) is 11.1 Å². The normalized spacial score (nSPS) is 10.5. The molecule has 2 aromatic carbocycles. The lowest BCUT2D eigenvalue weighted by atomic mass is 9.99. The summed E-state index contributed by atoms with van der Waals surface area (Å²) < 4.78 is 0. The van der Waals surface area contributed by atoms with E-state index < -0.39 is 0 Å². The van der Waals surface area contributed by atoms with Gasteiger partial charge >= 0.3 is 0 Å². The molecule has 3 nitrogen and oxygen atoms in total. The van der Waals surface area contributed by atoms with Crippen LogP contribution in [0.2, 0.25) is 5.02 Å². The molecule has 0 aliphatic rings. The first-order valence-electron chi connectivity index (χ1n) is 6.42. The van der Waals surface area contributed by atoms with Crippen molar-refractivity contribution >= 4 is 28.3 Å². The predicted molar refractivity (Wildman–Crippen MR) is 82.6 cm³/mol. The van der Waals surface area contributed by atoms with Crippen LogP contribution in [-0.2, 0) is 0 Å². The van der Waals surface area contributed by atoms with E-state index >= 15 is 0 Å². The Morgan fingerprint density at radius 3 is 2.81 bits per heavy atom. The van der Waals surface area contributed by atoms with Crippen LogP contribution in [0.3, 0.4) is 0 Å². The Bertz CT molecular complexity index is 883. The summed E-state index contributed by atoms with van der Waals surface area (Å²) in [6.07, 6.45) is 1.64. The number of nitriles is 1. The molecule has 0 aliphatic carbocycles. The first kappa shape index (κ1) is 13.4. The molecule has 0 radical (unpaired) electrons. The number of aromatic amines is 1. The van der Waals surface area contributed by atoms with Gasteiger partial charge in [0.2, 0.25) is 0 Å². The number of nitrogens with one attached hydrogen (secondary N) is 1. The molecule has 0 amide bonds. The van der Waals surface area contributed by atoms with E-state index in [4.69, 9.17) is 11.6 Å². The molecule has 4 heteroatoms. The summed E-state index contributed by atoms with van der Waals surface area (Å²) in [5.41, 5.74) is 3.19. The van der Waals surface area contributed by atoms with Crippen LogP contribution in [0.1, 0.15) is 27.0 Å². The molecule has 0 aliphatic heterocycles. The third-order valence-corrected chi connectivity index (χ3v) is 3.59. The summed E-state index contributed by atoms with van der Waals surface area (Å²) in [5.74, 6) is -0.144. The molecule has 0 bridgehead atoms. The van der Waals surface area contributed by atoms with Gasteiger partial charge in [-0.3, -0.25) is 4.79 Å². The number of fused-ring (bicyclic) bond motifs is 1. The lowest BCUT2D eigenvalue weighted by molar-refractivity contribution is 0.104. The van der Waals surface area contributed by atoms with E-state index in [1.807, 2.05) is 13.0 Å². The summed E-state index contributed by atoms with van der Waals surface area (Å²) in [4.78, 5) is 15.7. The number of aromatic nitrogens is 1. The van der Waals surface area contributed by atoms with Crippen molar-refractivity contribution in [2.24, 2.45) is 0 Å². The van der Waals surface area contributed by atoms with Crippen LogP contribution in [-0.4, -0.2) is 10.8 Å². The zero-order valence-corrected chi connectivity index (χ0v) is 12.0. The van der Waals surface area contributed by atoms with E-state index in [1.165, 1.54) is 0 Å². The van der Waals surface area contributed by atoms with Crippen LogP contribution in [0.4, 0.5) is 0 Å². The Morgan fingerprint density at radius 2 is 2.10 bits per heavy atom. The highest BCUT2D eigenvalue weighted by atomic mass is 35.5. The number of halogens is 1. The number of hydrogen-bond acceptors (Lipinski definition) is 2. The number of carbonyl (C=O) groups excluding carboxylic acids is 1. The fourth-order valence-corrected chi connectivity index (χ4v) is 2.77. The first-order chi connectivity index (χ1) is 10.1. The Balaban J connectivity index is 2.21. The Kier molecular flexibility index (Phi) is 3.25.